The van der Waals surface area contributed by atoms with Gasteiger partial charge < -0.3 is 5.73 Å². The molecule has 0 rings (SSSR count). The summed E-state index contributed by atoms with van der Waals surface area (Å²) in [6, 6.07) is 0. The van der Waals surface area contributed by atoms with Crippen molar-refractivity contribution in [1.29, 1.82) is 0 Å². The summed E-state index contributed by atoms with van der Waals surface area (Å²) >= 11 is 3.43. The molecule has 96 valence electrons. The fourth-order valence-corrected chi connectivity index (χ4v) is 3.75. The molecule has 0 aliphatic rings. The summed E-state index contributed by atoms with van der Waals surface area (Å²) < 4.78 is 0.269. The Kier molecular flexibility index (Phi) is 8.60. The van der Waals surface area contributed by atoms with Crippen LogP contribution in [0.4, 0.5) is 0 Å². The molecule has 0 saturated heterocycles. The Labute approximate surface area is 109 Å². The van der Waals surface area contributed by atoms with Crippen LogP contribution in [0.3, 0.4) is 0 Å². The first kappa shape index (κ1) is 16.3. The smallest absolute Gasteiger partial charge is 0.185 e. The van der Waals surface area contributed by atoms with Crippen molar-refractivity contribution in [3.63, 3.8) is 0 Å². The largest absolute Gasteiger partial charge is 0.330 e. The Hall–Kier alpha value is 0.330. The summed E-state index contributed by atoms with van der Waals surface area (Å²) in [5.41, 5.74) is 5.50. The van der Waals surface area contributed by atoms with Crippen molar-refractivity contribution in [3.8, 4) is 0 Å². The minimum Gasteiger partial charge on any atom is -0.330 e. The number of carbonyl (C=O) groups is 1. The average Bonchev–Trinajstić information content (AvgIpc) is 2.12. The molecular formula is C12H25NOS2. The topological polar surface area (TPSA) is 43.1 Å². The standard InChI is InChI=1S/C12H25NOS2/c1-10(14)15-9-11(7-5-6-8-13)16-12(2,3)4/h11H,5-9,13H2,1-4H3/t11-/m1/s1. The third-order valence-corrected chi connectivity index (χ3v) is 4.60. The zero-order valence-electron chi connectivity index (χ0n) is 10.9. The predicted octanol–water partition coefficient (Wildman–Crippen LogP) is 3.30. The van der Waals surface area contributed by atoms with Gasteiger partial charge in [-0.15, -0.1) is 0 Å². The molecule has 2 N–H and O–H groups in total. The predicted molar refractivity (Wildman–Crippen MR) is 77.2 cm³/mol. The van der Waals surface area contributed by atoms with Gasteiger partial charge in [-0.25, -0.2) is 0 Å². The van der Waals surface area contributed by atoms with Crippen molar-refractivity contribution >= 4 is 28.6 Å². The summed E-state index contributed by atoms with van der Waals surface area (Å²) in [7, 11) is 0. The SMILES string of the molecule is CC(=O)SC[C@@H](CCCCN)SC(C)(C)C. The lowest BCUT2D eigenvalue weighted by molar-refractivity contribution is -0.109. The highest BCUT2D eigenvalue weighted by molar-refractivity contribution is 8.14. The van der Waals surface area contributed by atoms with E-state index < -0.39 is 0 Å². The zero-order valence-corrected chi connectivity index (χ0v) is 12.5. The molecule has 0 amide bonds. The van der Waals surface area contributed by atoms with Crippen molar-refractivity contribution in [2.45, 2.75) is 57.0 Å². The van der Waals surface area contributed by atoms with Crippen LogP contribution in [-0.2, 0) is 4.79 Å². The molecule has 0 fully saturated rings. The van der Waals surface area contributed by atoms with E-state index in [2.05, 4.69) is 20.8 Å². The van der Waals surface area contributed by atoms with Gasteiger partial charge in [-0.1, -0.05) is 39.0 Å². The van der Waals surface area contributed by atoms with E-state index in [1.165, 1.54) is 24.6 Å². The molecular weight excluding hydrogens is 238 g/mol. The Morgan fingerprint density at radius 1 is 1.31 bits per heavy atom. The molecule has 0 bridgehead atoms. The van der Waals surface area contributed by atoms with Gasteiger partial charge in [0, 0.05) is 22.7 Å². The Morgan fingerprint density at radius 2 is 1.94 bits per heavy atom. The third kappa shape index (κ3) is 10.8. The summed E-state index contributed by atoms with van der Waals surface area (Å²) in [6.45, 7) is 9.10. The molecule has 0 aliphatic heterocycles. The summed E-state index contributed by atoms with van der Waals surface area (Å²) in [5.74, 6) is 0.932. The number of hydrogen-bond acceptors (Lipinski definition) is 4. The van der Waals surface area contributed by atoms with Crippen LogP contribution in [0.1, 0.15) is 47.0 Å². The van der Waals surface area contributed by atoms with Gasteiger partial charge in [0.1, 0.15) is 0 Å². The lowest BCUT2D eigenvalue weighted by Gasteiger charge is -2.25. The first-order chi connectivity index (χ1) is 7.35. The molecule has 0 spiro atoms. The maximum Gasteiger partial charge on any atom is 0.185 e. The summed E-state index contributed by atoms with van der Waals surface area (Å²) in [6.07, 6.45) is 3.42. The molecule has 1 atom stereocenters. The normalized spacial score (nSPS) is 13.8. The van der Waals surface area contributed by atoms with Gasteiger partial charge in [-0.3, -0.25) is 4.79 Å². The minimum atomic E-state index is 0.221. The van der Waals surface area contributed by atoms with E-state index in [0.29, 0.717) is 5.25 Å². The second-order valence-corrected chi connectivity index (χ2v) is 8.26. The van der Waals surface area contributed by atoms with Crippen molar-refractivity contribution in [3.05, 3.63) is 0 Å². The summed E-state index contributed by atoms with van der Waals surface area (Å²) in [4.78, 5) is 11.0. The quantitative estimate of drug-likeness (QED) is 0.716. The molecule has 0 aromatic carbocycles. The molecule has 0 unspecified atom stereocenters. The van der Waals surface area contributed by atoms with Gasteiger partial charge in [0.2, 0.25) is 0 Å². The highest BCUT2D eigenvalue weighted by Gasteiger charge is 2.19. The molecule has 0 aromatic heterocycles. The van der Waals surface area contributed by atoms with Crippen LogP contribution < -0.4 is 5.73 Å². The number of carbonyl (C=O) groups excluding carboxylic acids is 1. The van der Waals surface area contributed by atoms with Gasteiger partial charge in [0.15, 0.2) is 5.12 Å². The second kappa shape index (κ2) is 8.43. The Bertz CT molecular complexity index is 202. The molecule has 0 aromatic rings. The van der Waals surface area contributed by atoms with Crippen LogP contribution in [0.15, 0.2) is 0 Å². The Morgan fingerprint density at radius 3 is 2.38 bits per heavy atom. The Balaban J connectivity index is 4.00. The average molecular weight is 263 g/mol. The molecule has 0 aliphatic carbocycles. The van der Waals surface area contributed by atoms with Gasteiger partial charge in [0.25, 0.3) is 0 Å². The number of nitrogens with two attached hydrogens (primary N) is 1. The van der Waals surface area contributed by atoms with Crippen LogP contribution in [-0.4, -0.2) is 27.4 Å². The van der Waals surface area contributed by atoms with Crippen LogP contribution in [0.25, 0.3) is 0 Å². The number of rotatable bonds is 7. The molecule has 0 heterocycles. The van der Waals surface area contributed by atoms with Crippen LogP contribution >= 0.6 is 23.5 Å². The van der Waals surface area contributed by atoms with E-state index in [1.54, 1.807) is 6.92 Å². The van der Waals surface area contributed by atoms with Gasteiger partial charge in [-0.05, 0) is 19.4 Å². The lowest BCUT2D eigenvalue weighted by atomic mass is 10.2. The van der Waals surface area contributed by atoms with E-state index in [-0.39, 0.29) is 9.86 Å². The van der Waals surface area contributed by atoms with Crippen molar-refractivity contribution < 1.29 is 4.79 Å². The maximum absolute atomic E-state index is 11.0. The zero-order chi connectivity index (χ0) is 12.6. The third-order valence-electron chi connectivity index (χ3n) is 1.97. The monoisotopic (exact) mass is 263 g/mol. The van der Waals surface area contributed by atoms with E-state index in [4.69, 9.17) is 5.73 Å². The highest BCUT2D eigenvalue weighted by atomic mass is 32.2. The fourth-order valence-electron chi connectivity index (χ4n) is 1.40. The number of thioether (sulfide) groups is 2. The van der Waals surface area contributed by atoms with Crippen molar-refractivity contribution in [2.75, 3.05) is 12.3 Å². The first-order valence-electron chi connectivity index (χ1n) is 5.86. The number of hydrogen-bond donors (Lipinski definition) is 1. The maximum atomic E-state index is 11.0. The van der Waals surface area contributed by atoms with Crippen LogP contribution in [0.5, 0.6) is 0 Å². The fraction of sp³-hybridized carbons (Fsp3) is 0.917. The highest BCUT2D eigenvalue weighted by Crippen LogP contribution is 2.32. The van der Waals surface area contributed by atoms with Crippen LogP contribution in [0.2, 0.25) is 0 Å². The summed E-state index contributed by atoms with van der Waals surface area (Å²) in [5, 5.41) is 0.791. The van der Waals surface area contributed by atoms with Gasteiger partial charge in [-0.2, -0.15) is 11.8 Å². The number of unbranched alkanes of at least 4 members (excludes halogenated alkanes) is 1. The molecule has 0 radical (unpaired) electrons. The molecule has 0 saturated carbocycles. The lowest BCUT2D eigenvalue weighted by Crippen LogP contribution is -2.18. The molecule has 4 heteroatoms. The van der Waals surface area contributed by atoms with Crippen molar-refractivity contribution in [1.82, 2.24) is 0 Å². The van der Waals surface area contributed by atoms with E-state index in [9.17, 15) is 4.79 Å². The van der Waals surface area contributed by atoms with E-state index >= 15 is 0 Å². The molecule has 2 nitrogen and oxygen atoms in total. The van der Waals surface area contributed by atoms with Crippen LogP contribution in [0, 0.1) is 0 Å². The molecule has 16 heavy (non-hydrogen) atoms. The van der Waals surface area contributed by atoms with Gasteiger partial charge >= 0.3 is 0 Å². The van der Waals surface area contributed by atoms with Gasteiger partial charge in [0.05, 0.1) is 0 Å². The minimum absolute atomic E-state index is 0.221. The van der Waals surface area contributed by atoms with Crippen molar-refractivity contribution in [2.24, 2.45) is 5.73 Å². The first-order valence-corrected chi connectivity index (χ1v) is 7.73. The second-order valence-electron chi connectivity index (χ2n) is 4.94. The van der Waals surface area contributed by atoms with E-state index in [0.717, 1.165) is 18.7 Å². The van der Waals surface area contributed by atoms with E-state index in [1.807, 2.05) is 11.8 Å².